The van der Waals surface area contributed by atoms with Gasteiger partial charge in [0.15, 0.2) is 0 Å². The molecule has 0 spiro atoms. The number of benzene rings is 3. The molecular formula is C31H34N4O7. The molecule has 1 aliphatic heterocycles. The predicted molar refractivity (Wildman–Crippen MR) is 155 cm³/mol. The first-order valence-electron chi connectivity index (χ1n) is 13.7. The Bertz CT molecular complexity index is 1470. The number of hydrogen-bond donors (Lipinski definition) is 2. The van der Waals surface area contributed by atoms with Crippen LogP contribution >= 0.6 is 0 Å². The van der Waals surface area contributed by atoms with E-state index in [0.29, 0.717) is 29.3 Å². The molecule has 11 nitrogen and oxygen atoms in total. The van der Waals surface area contributed by atoms with Crippen LogP contribution in [-0.2, 0) is 22.6 Å². The third-order valence-corrected chi connectivity index (χ3v) is 6.77. The van der Waals surface area contributed by atoms with Crippen LogP contribution in [0.5, 0.6) is 17.2 Å². The summed E-state index contributed by atoms with van der Waals surface area (Å²) in [5.41, 5.74) is 1.16. The Balaban J connectivity index is 1.74. The number of nitrogens with one attached hydrogen (secondary N) is 2. The number of carbonyl (C=O) groups is 3. The number of ether oxygens (including phenoxy) is 2. The molecular weight excluding hydrogens is 540 g/mol. The Morgan fingerprint density at radius 3 is 2.67 bits per heavy atom. The van der Waals surface area contributed by atoms with Crippen LogP contribution in [0, 0.1) is 16.0 Å². The van der Waals surface area contributed by atoms with Crippen molar-refractivity contribution in [3.63, 3.8) is 0 Å². The number of nitro groups is 1. The summed E-state index contributed by atoms with van der Waals surface area (Å²) < 4.78 is 11.2. The van der Waals surface area contributed by atoms with Gasteiger partial charge in [0.2, 0.25) is 17.6 Å². The fraction of sp³-hybridized carbons (Fsp3) is 0.323. The Morgan fingerprint density at radius 1 is 1.14 bits per heavy atom. The number of methoxy groups -OCH3 is 1. The maximum absolute atomic E-state index is 13.8. The molecule has 0 fully saturated rings. The van der Waals surface area contributed by atoms with Gasteiger partial charge in [0, 0.05) is 37.2 Å². The van der Waals surface area contributed by atoms with Crippen LogP contribution in [0.25, 0.3) is 0 Å². The van der Waals surface area contributed by atoms with Crippen molar-refractivity contribution >= 4 is 23.4 Å². The molecule has 1 aliphatic rings. The maximum atomic E-state index is 13.8. The lowest BCUT2D eigenvalue weighted by Crippen LogP contribution is -2.51. The lowest BCUT2D eigenvalue weighted by molar-refractivity contribution is -0.385. The van der Waals surface area contributed by atoms with Gasteiger partial charge in [-0.15, -0.1) is 0 Å². The van der Waals surface area contributed by atoms with Crippen molar-refractivity contribution in [3.05, 3.63) is 93.5 Å². The van der Waals surface area contributed by atoms with Crippen LogP contribution in [0.2, 0.25) is 0 Å². The van der Waals surface area contributed by atoms with E-state index in [2.05, 4.69) is 24.5 Å². The summed E-state index contributed by atoms with van der Waals surface area (Å²) in [6.07, 6.45) is 0.914. The van der Waals surface area contributed by atoms with Gasteiger partial charge in [-0.25, -0.2) is 0 Å². The Labute approximate surface area is 244 Å². The van der Waals surface area contributed by atoms with E-state index < -0.39 is 22.8 Å². The average molecular weight is 575 g/mol. The molecule has 1 heterocycles. The number of fused-ring (bicyclic) bond motifs is 4. The molecule has 3 aromatic carbocycles. The quantitative estimate of drug-likeness (QED) is 0.303. The number of nitrogens with zero attached hydrogens (tertiary/aromatic N) is 2. The first-order valence-corrected chi connectivity index (χ1v) is 13.7. The fourth-order valence-electron chi connectivity index (χ4n) is 4.58. The summed E-state index contributed by atoms with van der Waals surface area (Å²) in [4.78, 5) is 52.9. The highest BCUT2D eigenvalue weighted by molar-refractivity contribution is 5.98. The summed E-state index contributed by atoms with van der Waals surface area (Å²) in [5, 5.41) is 17.5. The Hall–Kier alpha value is -4.93. The van der Waals surface area contributed by atoms with E-state index in [1.54, 1.807) is 48.5 Å². The van der Waals surface area contributed by atoms with E-state index in [9.17, 15) is 24.5 Å². The van der Waals surface area contributed by atoms with E-state index in [0.717, 1.165) is 6.42 Å². The second kappa shape index (κ2) is 13.6. The topological polar surface area (TPSA) is 140 Å². The van der Waals surface area contributed by atoms with Crippen LogP contribution in [-0.4, -0.2) is 53.8 Å². The van der Waals surface area contributed by atoms with Crippen LogP contribution < -0.4 is 20.1 Å². The molecule has 0 saturated heterocycles. The Morgan fingerprint density at radius 2 is 1.93 bits per heavy atom. The highest BCUT2D eigenvalue weighted by Gasteiger charge is 2.27. The predicted octanol–water partition coefficient (Wildman–Crippen LogP) is 4.24. The summed E-state index contributed by atoms with van der Waals surface area (Å²) >= 11 is 0. The minimum atomic E-state index is -0.927. The molecule has 42 heavy (non-hydrogen) atoms. The molecule has 1 atom stereocenters. The van der Waals surface area contributed by atoms with Gasteiger partial charge in [0.1, 0.15) is 24.1 Å². The van der Waals surface area contributed by atoms with Crippen LogP contribution in [0.3, 0.4) is 0 Å². The average Bonchev–Trinajstić information content (AvgIpc) is 2.95. The summed E-state index contributed by atoms with van der Waals surface area (Å²) in [7, 11) is 1.53. The first kappa shape index (κ1) is 30.0. The third-order valence-electron chi connectivity index (χ3n) is 6.77. The van der Waals surface area contributed by atoms with E-state index in [1.807, 2.05) is 0 Å². The van der Waals surface area contributed by atoms with Gasteiger partial charge in [-0.3, -0.25) is 24.5 Å². The van der Waals surface area contributed by atoms with Gasteiger partial charge in [-0.1, -0.05) is 38.1 Å². The van der Waals surface area contributed by atoms with Gasteiger partial charge in [-0.05, 0) is 53.8 Å². The molecule has 4 rings (SSSR count). The number of rotatable bonds is 8. The van der Waals surface area contributed by atoms with E-state index in [-0.39, 0.29) is 48.2 Å². The molecule has 3 amide bonds. The summed E-state index contributed by atoms with van der Waals surface area (Å²) in [6, 6.07) is 16.7. The molecule has 2 N–H and O–H groups in total. The van der Waals surface area contributed by atoms with E-state index in [1.165, 1.54) is 30.2 Å². The SMILES string of the molecule is COc1cccc(CN2CC(=O)NC(C(=O)NCCC(C)C)Cc3cccc(c3)Oc3cc(ccc3[N+](=O)[O-])C2=O)c1. The summed E-state index contributed by atoms with van der Waals surface area (Å²) in [5.74, 6) is -0.288. The highest BCUT2D eigenvalue weighted by atomic mass is 16.6. The number of carbonyl (C=O) groups excluding carboxylic acids is 3. The molecule has 11 heteroatoms. The van der Waals surface area contributed by atoms with Gasteiger partial charge in [0.05, 0.1) is 12.0 Å². The standard InChI is InChI=1S/C31H34N4O7/c1-20(2)12-13-32-30(37)26-16-21-6-4-9-25(14-21)42-28-17-23(10-11-27(28)35(39)40)31(38)34(19-29(36)33-26)18-22-7-5-8-24(15-22)41-3/h4-11,14-15,17,20,26H,12-13,16,18-19H2,1-3H3,(H,32,37)(H,33,36). The number of amides is 3. The van der Waals surface area contributed by atoms with Crippen molar-refractivity contribution in [1.82, 2.24) is 15.5 Å². The zero-order valence-corrected chi connectivity index (χ0v) is 23.8. The van der Waals surface area contributed by atoms with Crippen molar-refractivity contribution < 1.29 is 28.8 Å². The minimum absolute atomic E-state index is 0.0426. The molecule has 4 bridgehead atoms. The van der Waals surface area contributed by atoms with Crippen LogP contribution in [0.15, 0.2) is 66.7 Å². The monoisotopic (exact) mass is 574 g/mol. The lowest BCUT2D eigenvalue weighted by Gasteiger charge is -2.25. The van der Waals surface area contributed by atoms with Gasteiger partial charge in [0.25, 0.3) is 5.91 Å². The zero-order valence-electron chi connectivity index (χ0n) is 23.8. The molecule has 3 aromatic rings. The second-order valence-corrected chi connectivity index (χ2v) is 10.5. The fourth-order valence-corrected chi connectivity index (χ4v) is 4.58. The van der Waals surface area contributed by atoms with Crippen molar-refractivity contribution in [2.75, 3.05) is 20.2 Å². The van der Waals surface area contributed by atoms with Crippen molar-refractivity contribution in [1.29, 1.82) is 0 Å². The molecule has 0 saturated carbocycles. The van der Waals surface area contributed by atoms with Crippen molar-refractivity contribution in [2.24, 2.45) is 5.92 Å². The lowest BCUT2D eigenvalue weighted by atomic mass is 10.0. The smallest absolute Gasteiger partial charge is 0.311 e. The summed E-state index contributed by atoms with van der Waals surface area (Å²) in [6.45, 7) is 4.23. The number of hydrogen-bond acceptors (Lipinski definition) is 7. The van der Waals surface area contributed by atoms with Crippen LogP contribution in [0.1, 0.15) is 41.8 Å². The third kappa shape index (κ3) is 7.84. The van der Waals surface area contributed by atoms with Gasteiger partial charge in [-0.2, -0.15) is 0 Å². The highest BCUT2D eigenvalue weighted by Crippen LogP contribution is 2.33. The Kier molecular flexibility index (Phi) is 9.74. The van der Waals surface area contributed by atoms with Crippen molar-refractivity contribution in [3.8, 4) is 17.2 Å². The molecule has 0 aromatic heterocycles. The molecule has 1 unspecified atom stereocenters. The molecule has 0 radical (unpaired) electrons. The normalized spacial score (nSPS) is 15.3. The second-order valence-electron chi connectivity index (χ2n) is 10.5. The minimum Gasteiger partial charge on any atom is -0.497 e. The van der Waals surface area contributed by atoms with Gasteiger partial charge < -0.3 is 25.0 Å². The molecule has 0 aliphatic carbocycles. The first-order chi connectivity index (χ1) is 20.1. The largest absolute Gasteiger partial charge is 0.497 e. The van der Waals surface area contributed by atoms with Gasteiger partial charge >= 0.3 is 5.69 Å². The van der Waals surface area contributed by atoms with E-state index >= 15 is 0 Å². The molecule has 220 valence electrons. The van der Waals surface area contributed by atoms with E-state index in [4.69, 9.17) is 9.47 Å². The maximum Gasteiger partial charge on any atom is 0.311 e. The number of nitro benzene ring substituents is 1. The van der Waals surface area contributed by atoms with Crippen LogP contribution in [0.4, 0.5) is 5.69 Å². The zero-order chi connectivity index (χ0) is 30.2. The van der Waals surface area contributed by atoms with Crippen molar-refractivity contribution in [2.45, 2.75) is 39.3 Å².